The number of amides is 1. The highest BCUT2D eigenvalue weighted by atomic mass is 32.2. The topological polar surface area (TPSA) is 101 Å². The third kappa shape index (κ3) is 4.77. The third-order valence-corrected chi connectivity index (χ3v) is 10.2. The lowest BCUT2D eigenvalue weighted by molar-refractivity contribution is -0.123. The van der Waals surface area contributed by atoms with Gasteiger partial charge in [0.2, 0.25) is 0 Å². The molecule has 1 saturated carbocycles. The second-order valence-corrected chi connectivity index (χ2v) is 13.7. The van der Waals surface area contributed by atoms with Crippen molar-refractivity contribution in [3.63, 3.8) is 0 Å². The van der Waals surface area contributed by atoms with Gasteiger partial charge in [-0.15, -0.1) is 0 Å². The Kier molecular flexibility index (Phi) is 6.52. The van der Waals surface area contributed by atoms with Gasteiger partial charge in [-0.1, -0.05) is 37.0 Å². The van der Waals surface area contributed by atoms with Crippen LogP contribution in [0.5, 0.6) is 0 Å². The number of nitrogens with one attached hydrogen (secondary N) is 1. The smallest absolute Gasteiger partial charge is 0.267 e. The summed E-state index contributed by atoms with van der Waals surface area (Å²) in [5.41, 5.74) is 1.50. The van der Waals surface area contributed by atoms with Crippen LogP contribution in [0.1, 0.15) is 50.2 Å². The van der Waals surface area contributed by atoms with Gasteiger partial charge in [0.05, 0.1) is 28.0 Å². The molecule has 2 saturated heterocycles. The summed E-state index contributed by atoms with van der Waals surface area (Å²) in [6.07, 6.45) is 7.83. The van der Waals surface area contributed by atoms with E-state index in [1.165, 1.54) is 9.30 Å². The molecule has 2 aromatic heterocycles. The summed E-state index contributed by atoms with van der Waals surface area (Å²) in [6.45, 7) is 4.16. The highest BCUT2D eigenvalue weighted by molar-refractivity contribution is 8.26. The van der Waals surface area contributed by atoms with Crippen molar-refractivity contribution >= 4 is 61.6 Å². The Bertz CT molecular complexity index is 1410. The number of carbonyl (C=O) groups is 1. The lowest BCUT2D eigenvalue weighted by atomic mass is 9.87. The van der Waals surface area contributed by atoms with E-state index in [0.29, 0.717) is 38.6 Å². The molecule has 3 fully saturated rings. The molecule has 8 nitrogen and oxygen atoms in total. The summed E-state index contributed by atoms with van der Waals surface area (Å²) in [5.74, 6) is 0.771. The first-order chi connectivity index (χ1) is 16.6. The van der Waals surface area contributed by atoms with E-state index in [-0.39, 0.29) is 29.0 Å². The van der Waals surface area contributed by atoms with Gasteiger partial charge in [-0.3, -0.25) is 18.9 Å². The minimum absolute atomic E-state index is 0.0527. The fraction of sp³-hybridized carbons (Fsp3) is 0.500. The van der Waals surface area contributed by atoms with Gasteiger partial charge in [0.15, 0.2) is 9.84 Å². The fourth-order valence-electron chi connectivity index (χ4n) is 5.05. The molecule has 0 radical (unpaired) electrons. The van der Waals surface area contributed by atoms with Crippen molar-refractivity contribution in [2.45, 2.75) is 58.0 Å². The summed E-state index contributed by atoms with van der Waals surface area (Å²) in [5, 5.41) is 3.49. The van der Waals surface area contributed by atoms with Gasteiger partial charge in [-0.05, 0) is 62.7 Å². The maximum Gasteiger partial charge on any atom is 0.267 e. The van der Waals surface area contributed by atoms with Crippen LogP contribution in [0.4, 0.5) is 5.82 Å². The summed E-state index contributed by atoms with van der Waals surface area (Å²) < 4.78 is 25.8. The Morgan fingerprint density at radius 3 is 2.63 bits per heavy atom. The van der Waals surface area contributed by atoms with E-state index in [9.17, 15) is 18.0 Å². The number of nitrogens with zero attached hydrogens (tertiary/aromatic N) is 3. The van der Waals surface area contributed by atoms with Gasteiger partial charge in [0, 0.05) is 12.2 Å². The number of sulfone groups is 1. The third-order valence-electron chi connectivity index (χ3n) is 7.11. The Labute approximate surface area is 214 Å². The summed E-state index contributed by atoms with van der Waals surface area (Å²) in [4.78, 5) is 33.4. The molecule has 0 aromatic carbocycles. The molecule has 1 N–H and O–H groups in total. The Balaban J connectivity index is 1.55. The monoisotopic (exact) mass is 532 g/mol. The zero-order valence-corrected chi connectivity index (χ0v) is 22.1. The molecule has 1 amide bonds. The molecule has 186 valence electrons. The van der Waals surface area contributed by atoms with Gasteiger partial charge in [-0.2, -0.15) is 0 Å². The lowest BCUT2D eigenvalue weighted by Gasteiger charge is -2.28. The van der Waals surface area contributed by atoms with Crippen molar-refractivity contribution in [2.24, 2.45) is 5.92 Å². The van der Waals surface area contributed by atoms with Gasteiger partial charge >= 0.3 is 0 Å². The number of carbonyl (C=O) groups excluding carboxylic acids is 1. The Morgan fingerprint density at radius 1 is 1.20 bits per heavy atom. The second kappa shape index (κ2) is 9.33. The number of fused-ring (bicyclic) bond motifs is 1. The molecule has 0 bridgehead atoms. The molecule has 3 aliphatic rings. The molecule has 5 rings (SSSR count). The van der Waals surface area contributed by atoms with Crippen molar-refractivity contribution in [2.75, 3.05) is 16.8 Å². The Morgan fingerprint density at radius 2 is 1.94 bits per heavy atom. The summed E-state index contributed by atoms with van der Waals surface area (Å²) in [7, 11) is -3.17. The van der Waals surface area contributed by atoms with E-state index in [4.69, 9.17) is 17.2 Å². The molecule has 4 heterocycles. The number of thiocarbonyl (C=S) groups is 1. The average molecular weight is 533 g/mol. The first-order valence-corrected chi connectivity index (χ1v) is 14.9. The van der Waals surface area contributed by atoms with Crippen molar-refractivity contribution in [1.29, 1.82) is 0 Å². The number of rotatable bonds is 4. The molecule has 1 unspecified atom stereocenters. The maximum atomic E-state index is 13.6. The highest BCUT2D eigenvalue weighted by Gasteiger charge is 2.42. The van der Waals surface area contributed by atoms with E-state index in [1.807, 2.05) is 13.0 Å². The van der Waals surface area contributed by atoms with Crippen LogP contribution in [0.25, 0.3) is 11.7 Å². The van der Waals surface area contributed by atoms with E-state index < -0.39 is 15.9 Å². The normalized spacial score (nSPS) is 27.8. The molecule has 2 aliphatic heterocycles. The lowest BCUT2D eigenvalue weighted by Crippen LogP contribution is -2.39. The van der Waals surface area contributed by atoms with E-state index in [1.54, 1.807) is 18.3 Å². The fourth-order valence-corrected chi connectivity index (χ4v) is 8.14. The second-order valence-electron chi connectivity index (χ2n) is 9.77. The molecule has 11 heteroatoms. The quantitative estimate of drug-likeness (QED) is 0.473. The number of hydrogen-bond acceptors (Lipinski definition) is 8. The van der Waals surface area contributed by atoms with Crippen LogP contribution < -0.4 is 10.9 Å². The maximum absolute atomic E-state index is 13.6. The van der Waals surface area contributed by atoms with Crippen LogP contribution in [0.3, 0.4) is 0 Å². The number of hydrogen-bond donors (Lipinski definition) is 1. The molecule has 35 heavy (non-hydrogen) atoms. The average Bonchev–Trinajstić information content (AvgIpc) is 3.30. The Hall–Kier alpha value is -2.24. The largest absolute Gasteiger partial charge is 0.367 e. The molecule has 1 atom stereocenters. The number of anilines is 1. The minimum Gasteiger partial charge on any atom is -0.367 e. The van der Waals surface area contributed by atoms with Gasteiger partial charge < -0.3 is 5.32 Å². The van der Waals surface area contributed by atoms with Crippen molar-refractivity contribution in [1.82, 2.24) is 14.3 Å². The molecular weight excluding hydrogens is 504 g/mol. The molecule has 0 spiro atoms. The van der Waals surface area contributed by atoms with E-state index in [2.05, 4.69) is 12.2 Å². The summed E-state index contributed by atoms with van der Waals surface area (Å²) in [6, 6.07) is 3.45. The van der Waals surface area contributed by atoms with Crippen LogP contribution >= 0.6 is 24.0 Å². The van der Waals surface area contributed by atoms with Gasteiger partial charge in [-0.25, -0.2) is 13.4 Å². The molecule has 1 aliphatic carbocycles. The van der Waals surface area contributed by atoms with Crippen LogP contribution in [-0.2, 0) is 14.6 Å². The number of aromatic nitrogens is 2. The minimum atomic E-state index is -3.17. The van der Waals surface area contributed by atoms with Gasteiger partial charge in [0.1, 0.15) is 15.8 Å². The van der Waals surface area contributed by atoms with Crippen molar-refractivity contribution in [3.8, 4) is 0 Å². The predicted molar refractivity (Wildman–Crippen MR) is 143 cm³/mol. The van der Waals surface area contributed by atoms with Crippen LogP contribution in [0, 0.1) is 12.8 Å². The van der Waals surface area contributed by atoms with Crippen LogP contribution in [-0.4, -0.2) is 56.5 Å². The zero-order chi connectivity index (χ0) is 24.9. The molecular formula is C24H28N4O4S3. The van der Waals surface area contributed by atoms with Crippen molar-refractivity contribution in [3.05, 3.63) is 44.7 Å². The predicted octanol–water partition coefficient (Wildman–Crippen LogP) is 3.38. The zero-order valence-electron chi connectivity index (χ0n) is 19.7. The standard InChI is InChI=1S/C24H28N4O4S3/c1-14-5-7-16(8-6-14)25-20-18(22(29)27-10-3-4-15(2)21(27)26-20)12-19-23(30)28(24(33)34-19)17-9-11-35(31,32)13-17/h3-4,10,12,14,16-17,25H,5-9,11,13H2,1-2H3/b19-12+. The van der Waals surface area contributed by atoms with Gasteiger partial charge in [0.25, 0.3) is 11.5 Å². The number of pyridine rings is 1. The number of thioether (sulfide) groups is 1. The van der Waals surface area contributed by atoms with E-state index >= 15 is 0 Å². The SMILES string of the molecule is Cc1cccn2c(=O)c(/C=C3/SC(=S)N(C4CCS(=O)(=O)C4)C3=O)c(NC3CCC(C)CC3)nc12. The number of aryl methyl sites for hydroxylation is 1. The highest BCUT2D eigenvalue weighted by Crippen LogP contribution is 2.37. The van der Waals surface area contributed by atoms with Crippen LogP contribution in [0.2, 0.25) is 0 Å². The summed E-state index contributed by atoms with van der Waals surface area (Å²) >= 11 is 6.55. The van der Waals surface area contributed by atoms with E-state index in [0.717, 1.165) is 43.0 Å². The van der Waals surface area contributed by atoms with Crippen molar-refractivity contribution < 1.29 is 13.2 Å². The molecule has 2 aromatic rings. The first kappa shape index (κ1) is 24.5. The first-order valence-electron chi connectivity index (χ1n) is 11.9. The van der Waals surface area contributed by atoms with Crippen LogP contribution in [0.15, 0.2) is 28.0 Å².